The van der Waals surface area contributed by atoms with Crippen molar-refractivity contribution in [3.8, 4) is 0 Å². The molecule has 0 saturated heterocycles. The van der Waals surface area contributed by atoms with Crippen LogP contribution < -0.4 is 0 Å². The number of aryl methyl sites for hydroxylation is 1. The van der Waals surface area contributed by atoms with Gasteiger partial charge in [-0.25, -0.2) is 9.97 Å². The zero-order chi connectivity index (χ0) is 12.1. The summed E-state index contributed by atoms with van der Waals surface area (Å²) >= 11 is 0. The molecule has 0 bridgehead atoms. The highest BCUT2D eigenvalue weighted by Gasteiger charge is 2.07. The summed E-state index contributed by atoms with van der Waals surface area (Å²) in [6.07, 6.45) is 4.38. The number of aromatic nitrogens is 2. The first-order chi connectivity index (χ1) is 8.29. The lowest BCUT2D eigenvalue weighted by Crippen LogP contribution is -2.05. The summed E-state index contributed by atoms with van der Waals surface area (Å²) in [5.41, 5.74) is 2.77. The molecular weight excluding hydrogens is 212 g/mol. The maximum Gasteiger partial charge on any atom is 0.185 e. The van der Waals surface area contributed by atoms with Gasteiger partial charge in [-0.1, -0.05) is 31.2 Å². The molecule has 3 heteroatoms. The molecule has 0 unspecified atom stereocenters. The predicted octanol–water partition coefficient (Wildman–Crippen LogP) is 2.46. The topological polar surface area (TPSA) is 42.9 Å². The zero-order valence-corrected chi connectivity index (χ0v) is 9.76. The number of benzene rings is 1. The molecular formula is C14H14N2O. The molecule has 0 fully saturated rings. The van der Waals surface area contributed by atoms with Crippen LogP contribution in [0.15, 0.2) is 42.9 Å². The minimum Gasteiger partial charge on any atom is -0.292 e. The van der Waals surface area contributed by atoms with E-state index < -0.39 is 0 Å². The maximum atomic E-state index is 11.9. The van der Waals surface area contributed by atoms with Crippen LogP contribution in [0.3, 0.4) is 0 Å². The molecule has 0 radical (unpaired) electrons. The highest BCUT2D eigenvalue weighted by atomic mass is 16.1. The second-order valence-electron chi connectivity index (χ2n) is 3.86. The van der Waals surface area contributed by atoms with Crippen molar-refractivity contribution >= 4 is 5.78 Å². The predicted molar refractivity (Wildman–Crippen MR) is 65.9 cm³/mol. The van der Waals surface area contributed by atoms with Crippen LogP contribution in [-0.2, 0) is 12.8 Å². The van der Waals surface area contributed by atoms with Crippen LogP contribution in [0.25, 0.3) is 0 Å². The number of hydrogen-bond donors (Lipinski definition) is 0. The van der Waals surface area contributed by atoms with E-state index in [1.807, 2.05) is 12.1 Å². The van der Waals surface area contributed by atoms with E-state index >= 15 is 0 Å². The molecule has 1 aromatic carbocycles. The number of nitrogens with zero attached hydrogens (tertiary/aromatic N) is 2. The molecule has 2 aromatic rings. The van der Waals surface area contributed by atoms with Crippen molar-refractivity contribution in [1.29, 1.82) is 0 Å². The smallest absolute Gasteiger partial charge is 0.185 e. The van der Waals surface area contributed by atoms with E-state index in [0.29, 0.717) is 12.1 Å². The largest absolute Gasteiger partial charge is 0.292 e. The van der Waals surface area contributed by atoms with Gasteiger partial charge in [-0.2, -0.15) is 0 Å². The van der Waals surface area contributed by atoms with Gasteiger partial charge in [-0.05, 0) is 23.6 Å². The standard InChI is InChI=1S/C14H14N2O/c1-2-11-3-5-12(6-4-11)9-14(17)13-7-8-15-10-16-13/h3-8,10H,2,9H2,1H3. The average molecular weight is 226 g/mol. The fraction of sp³-hybridized carbons (Fsp3) is 0.214. The van der Waals surface area contributed by atoms with Crippen molar-refractivity contribution in [2.75, 3.05) is 0 Å². The monoisotopic (exact) mass is 226 g/mol. The summed E-state index contributed by atoms with van der Waals surface area (Å²) in [5, 5.41) is 0. The van der Waals surface area contributed by atoms with Crippen molar-refractivity contribution < 1.29 is 4.79 Å². The Morgan fingerprint density at radius 3 is 2.41 bits per heavy atom. The van der Waals surface area contributed by atoms with Gasteiger partial charge in [0, 0.05) is 12.6 Å². The fourth-order valence-corrected chi connectivity index (χ4v) is 1.62. The van der Waals surface area contributed by atoms with Gasteiger partial charge < -0.3 is 0 Å². The third-order valence-electron chi connectivity index (χ3n) is 2.66. The number of hydrogen-bond acceptors (Lipinski definition) is 3. The van der Waals surface area contributed by atoms with E-state index in [9.17, 15) is 4.79 Å². The van der Waals surface area contributed by atoms with Gasteiger partial charge in [0.25, 0.3) is 0 Å². The van der Waals surface area contributed by atoms with E-state index in [-0.39, 0.29) is 5.78 Å². The number of Topliss-reactive ketones (excluding diaryl/α,β-unsaturated/α-hetero) is 1. The molecule has 0 atom stereocenters. The minimum absolute atomic E-state index is 0.0247. The maximum absolute atomic E-state index is 11.9. The van der Waals surface area contributed by atoms with E-state index in [4.69, 9.17) is 0 Å². The molecule has 0 saturated carbocycles. The van der Waals surface area contributed by atoms with E-state index in [2.05, 4.69) is 29.0 Å². The molecule has 3 nitrogen and oxygen atoms in total. The second-order valence-corrected chi connectivity index (χ2v) is 3.86. The van der Waals surface area contributed by atoms with Crippen LogP contribution >= 0.6 is 0 Å². The van der Waals surface area contributed by atoms with Crippen LogP contribution in [0.4, 0.5) is 0 Å². The van der Waals surface area contributed by atoms with Crippen molar-refractivity contribution in [3.63, 3.8) is 0 Å². The molecule has 1 heterocycles. The Kier molecular flexibility index (Phi) is 3.60. The van der Waals surface area contributed by atoms with Crippen LogP contribution in [-0.4, -0.2) is 15.8 Å². The molecule has 0 aliphatic rings. The number of rotatable bonds is 4. The first-order valence-electron chi connectivity index (χ1n) is 5.66. The molecule has 17 heavy (non-hydrogen) atoms. The third-order valence-corrected chi connectivity index (χ3v) is 2.66. The first kappa shape index (κ1) is 11.5. The lowest BCUT2D eigenvalue weighted by atomic mass is 10.0. The normalized spacial score (nSPS) is 10.2. The van der Waals surface area contributed by atoms with Crippen molar-refractivity contribution in [1.82, 2.24) is 9.97 Å². The summed E-state index contributed by atoms with van der Waals surface area (Å²) in [4.78, 5) is 19.6. The Balaban J connectivity index is 2.08. The highest BCUT2D eigenvalue weighted by Crippen LogP contribution is 2.08. The number of ketones is 1. The van der Waals surface area contributed by atoms with Gasteiger partial charge in [0.2, 0.25) is 0 Å². The molecule has 0 N–H and O–H groups in total. The van der Waals surface area contributed by atoms with Gasteiger partial charge in [0.05, 0.1) is 0 Å². The third kappa shape index (κ3) is 2.97. The Morgan fingerprint density at radius 2 is 1.82 bits per heavy atom. The molecule has 0 aliphatic heterocycles. The number of carbonyl (C=O) groups is 1. The number of carbonyl (C=O) groups excluding carboxylic acids is 1. The van der Waals surface area contributed by atoms with Crippen molar-refractivity contribution in [2.45, 2.75) is 19.8 Å². The Hall–Kier alpha value is -2.03. The van der Waals surface area contributed by atoms with Crippen molar-refractivity contribution in [2.24, 2.45) is 0 Å². The molecule has 0 amide bonds. The molecule has 1 aromatic heterocycles. The second kappa shape index (κ2) is 5.34. The van der Waals surface area contributed by atoms with Crippen molar-refractivity contribution in [3.05, 3.63) is 59.7 Å². The van der Waals surface area contributed by atoms with Crippen LogP contribution in [0.1, 0.15) is 28.5 Å². The van der Waals surface area contributed by atoms with E-state index in [1.54, 1.807) is 12.3 Å². The summed E-state index contributed by atoms with van der Waals surface area (Å²) in [5.74, 6) is 0.0247. The van der Waals surface area contributed by atoms with Crippen LogP contribution in [0, 0.1) is 0 Å². The lowest BCUT2D eigenvalue weighted by Gasteiger charge is -2.02. The summed E-state index contributed by atoms with van der Waals surface area (Å²) in [7, 11) is 0. The fourth-order valence-electron chi connectivity index (χ4n) is 1.62. The molecule has 86 valence electrons. The average Bonchev–Trinajstić information content (AvgIpc) is 2.40. The Morgan fingerprint density at radius 1 is 1.12 bits per heavy atom. The Bertz CT molecular complexity index is 491. The van der Waals surface area contributed by atoms with Crippen LogP contribution in [0.5, 0.6) is 0 Å². The summed E-state index contributed by atoms with van der Waals surface area (Å²) in [6.45, 7) is 2.11. The van der Waals surface area contributed by atoms with Crippen LogP contribution in [0.2, 0.25) is 0 Å². The summed E-state index contributed by atoms with van der Waals surface area (Å²) < 4.78 is 0. The summed E-state index contributed by atoms with van der Waals surface area (Å²) in [6, 6.07) is 9.75. The SMILES string of the molecule is CCc1ccc(CC(=O)c2ccncn2)cc1. The van der Waals surface area contributed by atoms with Gasteiger partial charge in [-0.15, -0.1) is 0 Å². The van der Waals surface area contributed by atoms with Gasteiger partial charge in [-0.3, -0.25) is 4.79 Å². The Labute approximate surface area is 101 Å². The molecule has 0 aliphatic carbocycles. The molecule has 2 rings (SSSR count). The van der Waals surface area contributed by atoms with Gasteiger partial charge >= 0.3 is 0 Å². The van der Waals surface area contributed by atoms with Gasteiger partial charge in [0.15, 0.2) is 5.78 Å². The quantitative estimate of drug-likeness (QED) is 0.752. The zero-order valence-electron chi connectivity index (χ0n) is 9.76. The highest BCUT2D eigenvalue weighted by molar-refractivity contribution is 5.95. The van der Waals surface area contributed by atoms with E-state index in [1.165, 1.54) is 11.9 Å². The minimum atomic E-state index is 0.0247. The molecule has 0 spiro atoms. The van der Waals surface area contributed by atoms with Gasteiger partial charge in [0.1, 0.15) is 12.0 Å². The lowest BCUT2D eigenvalue weighted by molar-refractivity contribution is 0.0988. The first-order valence-corrected chi connectivity index (χ1v) is 5.66. The van der Waals surface area contributed by atoms with E-state index in [0.717, 1.165) is 12.0 Å².